The molecule has 5 nitrogen and oxygen atoms in total. The highest BCUT2D eigenvalue weighted by molar-refractivity contribution is 6.32. The molecule has 2 aromatic heterocycles. The number of hydrogen-bond acceptors (Lipinski definition) is 3. The number of nitrogens with zero attached hydrogens (tertiary/aromatic N) is 4. The van der Waals surface area contributed by atoms with Crippen LogP contribution in [0.4, 0.5) is 17.1 Å². The lowest BCUT2D eigenvalue weighted by Gasteiger charge is -2.37. The molecule has 1 aliphatic carbocycles. The third kappa shape index (κ3) is 3.99. The summed E-state index contributed by atoms with van der Waals surface area (Å²) in [5.74, 6) is 3.84. The standard InChI is InChI=1S/C40H32BN4O/c1-25-19-26(2)40(27(3)20-25)45-36-14-7-6-13-35(36)43-29-9-8-10-30(22-29)46-31-15-16-33-32-11-4-5-12-34(32)44(37(33)23-31)38-21-28(41)17-18-42(38)24-39(43)45/h4-24,26,40H,1-3H3/q+1. The Kier molecular flexibility index (Phi) is 5.85. The molecule has 2 atom stereocenters. The lowest BCUT2D eigenvalue weighted by Crippen LogP contribution is -2.44. The van der Waals surface area contributed by atoms with E-state index in [1.54, 1.807) is 0 Å². The molecule has 4 bridgehead atoms. The molecule has 2 radical (unpaired) electrons. The van der Waals surface area contributed by atoms with Crippen LogP contribution in [0.2, 0.25) is 0 Å². The molecule has 2 unspecified atom stereocenters. The van der Waals surface area contributed by atoms with Crippen LogP contribution < -0.4 is 24.6 Å². The minimum atomic E-state index is 0.128. The molecule has 9 rings (SSSR count). The predicted molar refractivity (Wildman–Crippen MR) is 189 cm³/mol. The first-order chi connectivity index (χ1) is 22.4. The number of ether oxygens (including phenoxy) is 1. The maximum atomic E-state index is 6.61. The summed E-state index contributed by atoms with van der Waals surface area (Å²) < 4.78 is 11.1. The highest BCUT2D eigenvalue weighted by atomic mass is 16.5. The molecule has 0 N–H and O–H groups in total. The number of pyridine rings is 1. The summed E-state index contributed by atoms with van der Waals surface area (Å²) in [4.78, 5) is 4.87. The molecule has 0 fully saturated rings. The zero-order valence-corrected chi connectivity index (χ0v) is 26.1. The molecule has 0 saturated heterocycles. The van der Waals surface area contributed by atoms with Gasteiger partial charge in [0.1, 0.15) is 36.6 Å². The van der Waals surface area contributed by atoms with E-state index in [2.05, 4.69) is 155 Å². The number of hydrogen-bond donors (Lipinski definition) is 0. The molecule has 46 heavy (non-hydrogen) atoms. The van der Waals surface area contributed by atoms with Crippen molar-refractivity contribution in [3.8, 4) is 17.3 Å². The van der Waals surface area contributed by atoms with Crippen LogP contribution in [0.3, 0.4) is 0 Å². The highest BCUT2D eigenvalue weighted by Crippen LogP contribution is 2.50. The highest BCUT2D eigenvalue weighted by Gasteiger charge is 2.41. The van der Waals surface area contributed by atoms with E-state index in [0.717, 1.165) is 50.9 Å². The van der Waals surface area contributed by atoms with E-state index in [-0.39, 0.29) is 6.04 Å². The molecule has 0 spiro atoms. The first kappa shape index (κ1) is 26.9. The summed E-state index contributed by atoms with van der Waals surface area (Å²) in [7, 11) is 6.55. The number of aromatic nitrogens is 2. The van der Waals surface area contributed by atoms with Crippen LogP contribution in [0, 0.1) is 5.92 Å². The van der Waals surface area contributed by atoms with Crippen molar-refractivity contribution in [3.05, 3.63) is 138 Å². The second kappa shape index (κ2) is 10.0. The number of para-hydroxylation sites is 3. The predicted octanol–water partition coefficient (Wildman–Crippen LogP) is 8.30. The molecule has 220 valence electrons. The van der Waals surface area contributed by atoms with Gasteiger partial charge in [-0.2, -0.15) is 4.57 Å². The Morgan fingerprint density at radius 2 is 1.54 bits per heavy atom. The molecular weight excluding hydrogens is 563 g/mol. The van der Waals surface area contributed by atoms with Gasteiger partial charge in [0.2, 0.25) is 0 Å². The fraction of sp³-hybridized carbons (Fsp3) is 0.125. The lowest BCUT2D eigenvalue weighted by atomic mass is 9.86. The monoisotopic (exact) mass is 595 g/mol. The van der Waals surface area contributed by atoms with E-state index in [9.17, 15) is 0 Å². The van der Waals surface area contributed by atoms with Crippen molar-refractivity contribution in [3.63, 3.8) is 0 Å². The number of anilines is 3. The van der Waals surface area contributed by atoms with Gasteiger partial charge in [-0.3, -0.25) is 4.90 Å². The van der Waals surface area contributed by atoms with Crippen molar-refractivity contribution in [2.45, 2.75) is 26.8 Å². The van der Waals surface area contributed by atoms with E-state index in [1.165, 1.54) is 22.2 Å². The summed E-state index contributed by atoms with van der Waals surface area (Å²) in [6.45, 7) is 6.77. The maximum absolute atomic E-state index is 6.61. The largest absolute Gasteiger partial charge is 0.457 e. The third-order valence-corrected chi connectivity index (χ3v) is 9.51. The van der Waals surface area contributed by atoms with Gasteiger partial charge in [0.15, 0.2) is 5.82 Å². The van der Waals surface area contributed by atoms with Gasteiger partial charge in [-0.15, -0.1) is 0 Å². The fourth-order valence-corrected chi connectivity index (χ4v) is 7.76. The smallest absolute Gasteiger partial charge is 0.291 e. The first-order valence-electron chi connectivity index (χ1n) is 15.8. The molecule has 0 saturated carbocycles. The summed E-state index contributed by atoms with van der Waals surface area (Å²) >= 11 is 0. The Morgan fingerprint density at radius 3 is 2.41 bits per heavy atom. The normalized spacial score (nSPS) is 18.5. The van der Waals surface area contributed by atoms with Crippen LogP contribution >= 0.6 is 0 Å². The Labute approximate surface area is 270 Å². The quantitative estimate of drug-likeness (QED) is 0.141. The van der Waals surface area contributed by atoms with Crippen molar-refractivity contribution in [2.75, 3.05) is 9.80 Å². The van der Waals surface area contributed by atoms with Crippen LogP contribution in [0.15, 0.2) is 138 Å². The van der Waals surface area contributed by atoms with Crippen LogP contribution in [-0.2, 0) is 0 Å². The van der Waals surface area contributed by atoms with Crippen LogP contribution in [-0.4, -0.2) is 18.5 Å². The van der Waals surface area contributed by atoms with E-state index in [0.29, 0.717) is 11.4 Å². The van der Waals surface area contributed by atoms with Gasteiger partial charge in [-0.25, -0.2) is 4.57 Å². The zero-order chi connectivity index (χ0) is 31.1. The summed E-state index contributed by atoms with van der Waals surface area (Å²) in [5.41, 5.74) is 8.81. The van der Waals surface area contributed by atoms with Gasteiger partial charge in [0.25, 0.3) is 5.82 Å². The van der Waals surface area contributed by atoms with Crippen molar-refractivity contribution in [1.82, 2.24) is 4.57 Å². The molecule has 4 heterocycles. The lowest BCUT2D eigenvalue weighted by molar-refractivity contribution is -0.562. The van der Waals surface area contributed by atoms with Gasteiger partial charge in [-0.05, 0) is 79.9 Å². The summed E-state index contributed by atoms with van der Waals surface area (Å²) in [6, 6.07) is 36.2. The number of fused-ring (bicyclic) bond motifs is 12. The SMILES string of the molecule is [B]c1cc[n+]2c(c1)-n1c3ccccc3c3ccc(cc31)Oc1cccc(c1)N1C(=C2)N(C2C(C)=CC(C)=CC2C)c2ccccc21. The van der Waals surface area contributed by atoms with Gasteiger partial charge in [0, 0.05) is 29.0 Å². The Balaban J connectivity index is 1.40. The van der Waals surface area contributed by atoms with Crippen LogP contribution in [0.25, 0.3) is 33.8 Å². The van der Waals surface area contributed by atoms with Crippen LogP contribution in [0.5, 0.6) is 11.5 Å². The molecule has 0 amide bonds. The Morgan fingerprint density at radius 1 is 0.761 bits per heavy atom. The Bertz CT molecular complexity index is 2330. The van der Waals surface area contributed by atoms with Crippen molar-refractivity contribution in [1.29, 1.82) is 0 Å². The van der Waals surface area contributed by atoms with Gasteiger partial charge in [0.05, 0.1) is 29.3 Å². The molecule has 6 heteroatoms. The maximum Gasteiger partial charge on any atom is 0.291 e. The van der Waals surface area contributed by atoms with Crippen LogP contribution in [0.1, 0.15) is 20.8 Å². The topological polar surface area (TPSA) is 24.5 Å². The summed E-state index contributed by atoms with van der Waals surface area (Å²) in [5, 5.41) is 2.33. The molecule has 6 aromatic rings. The summed E-state index contributed by atoms with van der Waals surface area (Å²) in [6.07, 6.45) is 9.04. The van der Waals surface area contributed by atoms with E-state index in [1.807, 2.05) is 12.1 Å². The fourth-order valence-electron chi connectivity index (χ4n) is 7.76. The van der Waals surface area contributed by atoms with Gasteiger partial charge < -0.3 is 9.64 Å². The second-order valence-electron chi connectivity index (χ2n) is 12.6. The Hall–Kier alpha value is -5.49. The number of allylic oxidation sites excluding steroid dienone is 2. The van der Waals surface area contributed by atoms with Gasteiger partial charge >= 0.3 is 0 Å². The number of benzene rings is 4. The van der Waals surface area contributed by atoms with E-state index in [4.69, 9.17) is 12.6 Å². The van der Waals surface area contributed by atoms with Gasteiger partial charge in [-0.1, -0.05) is 60.4 Å². The zero-order valence-electron chi connectivity index (χ0n) is 26.1. The van der Waals surface area contributed by atoms with Crippen molar-refractivity contribution in [2.24, 2.45) is 5.92 Å². The number of rotatable bonds is 1. The average Bonchev–Trinajstić information content (AvgIpc) is 3.53. The molecule has 3 aliphatic rings. The first-order valence-corrected chi connectivity index (χ1v) is 15.8. The minimum Gasteiger partial charge on any atom is -0.457 e. The third-order valence-electron chi connectivity index (χ3n) is 9.51. The van der Waals surface area contributed by atoms with Crippen molar-refractivity contribution < 1.29 is 9.30 Å². The second-order valence-corrected chi connectivity index (χ2v) is 12.6. The van der Waals surface area contributed by atoms with E-state index >= 15 is 0 Å². The average molecular weight is 596 g/mol. The minimum absolute atomic E-state index is 0.128. The molecular formula is C40H32BN4O+. The van der Waals surface area contributed by atoms with E-state index < -0.39 is 0 Å². The van der Waals surface area contributed by atoms with Crippen molar-refractivity contribution >= 4 is 58.4 Å². The molecule has 2 aliphatic heterocycles. The molecule has 4 aromatic carbocycles.